The Morgan fingerprint density at radius 3 is 2.64 bits per heavy atom. The van der Waals surface area contributed by atoms with Crippen molar-refractivity contribution in [2.24, 2.45) is 0 Å². The Balaban J connectivity index is 1.59. The summed E-state index contributed by atoms with van der Waals surface area (Å²) in [4.78, 5) is 13.1. The lowest BCUT2D eigenvalue weighted by molar-refractivity contribution is 0.489. The molecule has 0 spiro atoms. The lowest BCUT2D eigenvalue weighted by Gasteiger charge is -2.00. The van der Waals surface area contributed by atoms with Crippen LogP contribution in [0.25, 0.3) is 28.0 Å². The molecule has 0 fully saturated rings. The molecule has 2 aromatic carbocycles. The minimum Gasteiger partial charge on any atom is -0.431 e. The van der Waals surface area contributed by atoms with Gasteiger partial charge in [-0.25, -0.2) is 15.0 Å². The van der Waals surface area contributed by atoms with Crippen molar-refractivity contribution in [3.63, 3.8) is 0 Å². The van der Waals surface area contributed by atoms with Crippen LogP contribution in [-0.4, -0.2) is 29.9 Å². The standard InChI is InChI=1S/C17H10N6OS/c1-2-6-11(7-3-1)23-15-14(21-22-23)16(19-10-18-15)25-17-20-12-8-4-5-9-13(12)24-17/h1-10H. The molecule has 3 heterocycles. The summed E-state index contributed by atoms with van der Waals surface area (Å²) in [6.07, 6.45) is 1.50. The summed E-state index contributed by atoms with van der Waals surface area (Å²) < 4.78 is 7.44. The molecule has 0 atom stereocenters. The van der Waals surface area contributed by atoms with E-state index in [1.807, 2.05) is 54.6 Å². The molecule has 5 aromatic rings. The molecule has 3 aromatic heterocycles. The van der Waals surface area contributed by atoms with Crippen molar-refractivity contribution < 1.29 is 4.42 Å². The van der Waals surface area contributed by atoms with Crippen molar-refractivity contribution in [2.75, 3.05) is 0 Å². The van der Waals surface area contributed by atoms with Gasteiger partial charge < -0.3 is 4.42 Å². The predicted molar refractivity (Wildman–Crippen MR) is 92.6 cm³/mol. The SMILES string of the molecule is c1ccc(-n2nnc3c(Sc4nc5ccccc5o4)ncnc32)cc1. The number of benzene rings is 2. The van der Waals surface area contributed by atoms with Gasteiger partial charge in [-0.15, -0.1) is 5.10 Å². The van der Waals surface area contributed by atoms with E-state index in [1.165, 1.54) is 18.1 Å². The molecule has 0 radical (unpaired) electrons. The lowest BCUT2D eigenvalue weighted by atomic mass is 10.3. The second-order valence-corrected chi connectivity index (χ2v) is 6.18. The Hall–Kier alpha value is -3.26. The van der Waals surface area contributed by atoms with Crippen molar-refractivity contribution in [1.29, 1.82) is 0 Å². The first-order valence-corrected chi connectivity index (χ1v) is 8.35. The number of aromatic nitrogens is 6. The predicted octanol–water partition coefficient (Wildman–Crippen LogP) is 3.50. The fraction of sp³-hybridized carbons (Fsp3) is 0. The fourth-order valence-corrected chi connectivity index (χ4v) is 3.29. The average Bonchev–Trinajstić information content (AvgIpc) is 3.26. The molecule has 0 saturated carbocycles. The van der Waals surface area contributed by atoms with Gasteiger partial charge in [-0.1, -0.05) is 35.5 Å². The van der Waals surface area contributed by atoms with Gasteiger partial charge >= 0.3 is 0 Å². The maximum absolute atomic E-state index is 5.75. The van der Waals surface area contributed by atoms with Gasteiger partial charge in [0, 0.05) is 0 Å². The van der Waals surface area contributed by atoms with E-state index >= 15 is 0 Å². The van der Waals surface area contributed by atoms with Crippen molar-refractivity contribution in [1.82, 2.24) is 29.9 Å². The summed E-state index contributed by atoms with van der Waals surface area (Å²) in [7, 11) is 0. The molecule has 0 aliphatic carbocycles. The van der Waals surface area contributed by atoms with Crippen LogP contribution >= 0.6 is 11.8 Å². The molecule has 0 bridgehead atoms. The third-order valence-electron chi connectivity index (χ3n) is 3.66. The third kappa shape index (κ3) is 2.43. The van der Waals surface area contributed by atoms with Gasteiger partial charge in [0.05, 0.1) is 5.69 Å². The van der Waals surface area contributed by atoms with Gasteiger partial charge in [0.2, 0.25) is 0 Å². The lowest BCUT2D eigenvalue weighted by Crippen LogP contribution is -1.97. The fourth-order valence-electron chi connectivity index (χ4n) is 2.52. The van der Waals surface area contributed by atoms with Crippen molar-refractivity contribution in [3.05, 3.63) is 60.9 Å². The van der Waals surface area contributed by atoms with Crippen molar-refractivity contribution in [2.45, 2.75) is 10.2 Å². The number of para-hydroxylation sites is 3. The topological polar surface area (TPSA) is 82.5 Å². The number of hydrogen-bond donors (Lipinski definition) is 0. The second-order valence-electron chi connectivity index (χ2n) is 5.24. The van der Waals surface area contributed by atoms with Crippen LogP contribution in [0.3, 0.4) is 0 Å². The third-order valence-corrected chi connectivity index (χ3v) is 4.50. The maximum Gasteiger partial charge on any atom is 0.263 e. The molecule has 25 heavy (non-hydrogen) atoms. The molecule has 7 nitrogen and oxygen atoms in total. The molecule has 0 aliphatic heterocycles. The molecular weight excluding hydrogens is 336 g/mol. The average molecular weight is 346 g/mol. The van der Waals surface area contributed by atoms with Crippen LogP contribution in [0, 0.1) is 0 Å². The van der Waals surface area contributed by atoms with Crippen LogP contribution in [0.2, 0.25) is 0 Å². The zero-order chi connectivity index (χ0) is 16.6. The normalized spacial score (nSPS) is 11.4. The van der Waals surface area contributed by atoms with Gasteiger partial charge in [0.25, 0.3) is 5.22 Å². The Bertz CT molecular complexity index is 1150. The quantitative estimate of drug-likeness (QED) is 0.462. The van der Waals surface area contributed by atoms with E-state index < -0.39 is 0 Å². The van der Waals surface area contributed by atoms with E-state index in [4.69, 9.17) is 4.42 Å². The van der Waals surface area contributed by atoms with E-state index in [2.05, 4.69) is 25.3 Å². The van der Waals surface area contributed by atoms with Crippen LogP contribution in [0.1, 0.15) is 0 Å². The monoisotopic (exact) mass is 346 g/mol. The molecule has 120 valence electrons. The summed E-state index contributed by atoms with van der Waals surface area (Å²) >= 11 is 1.31. The van der Waals surface area contributed by atoms with Crippen LogP contribution in [-0.2, 0) is 0 Å². The van der Waals surface area contributed by atoms with Crippen LogP contribution in [0.15, 0.2) is 75.6 Å². The van der Waals surface area contributed by atoms with Crippen molar-refractivity contribution in [3.8, 4) is 5.69 Å². The summed E-state index contributed by atoms with van der Waals surface area (Å²) in [5.74, 6) is 0. The first kappa shape index (κ1) is 14.1. The highest BCUT2D eigenvalue weighted by Crippen LogP contribution is 2.31. The second kappa shape index (κ2) is 5.67. The first-order valence-electron chi connectivity index (χ1n) is 7.54. The van der Waals surface area contributed by atoms with Crippen molar-refractivity contribution >= 4 is 34.0 Å². The summed E-state index contributed by atoms with van der Waals surface area (Å²) in [5.41, 5.74) is 3.69. The van der Waals surface area contributed by atoms with E-state index in [9.17, 15) is 0 Å². The molecule has 5 rings (SSSR count). The summed E-state index contributed by atoms with van der Waals surface area (Å²) in [6, 6.07) is 17.4. The molecule has 0 aliphatic rings. The number of fused-ring (bicyclic) bond motifs is 2. The molecule has 0 saturated heterocycles. The highest BCUT2D eigenvalue weighted by molar-refractivity contribution is 7.99. The highest BCUT2D eigenvalue weighted by Gasteiger charge is 2.16. The Kier molecular flexibility index (Phi) is 3.20. The summed E-state index contributed by atoms with van der Waals surface area (Å²) in [5, 5.41) is 9.61. The minimum absolute atomic E-state index is 0.510. The largest absolute Gasteiger partial charge is 0.431 e. The van der Waals surface area contributed by atoms with Gasteiger partial charge in [-0.3, -0.25) is 0 Å². The molecular formula is C17H10N6OS. The first-order chi connectivity index (χ1) is 12.4. The number of rotatable bonds is 3. The van der Waals surface area contributed by atoms with Gasteiger partial charge in [-0.2, -0.15) is 4.68 Å². The van der Waals surface area contributed by atoms with E-state index in [1.54, 1.807) is 4.68 Å². The molecule has 8 heteroatoms. The number of nitrogens with zero attached hydrogens (tertiary/aromatic N) is 6. The van der Waals surface area contributed by atoms with Crippen LogP contribution in [0.4, 0.5) is 0 Å². The smallest absolute Gasteiger partial charge is 0.263 e. The van der Waals surface area contributed by atoms with Gasteiger partial charge in [0.15, 0.2) is 16.7 Å². The van der Waals surface area contributed by atoms with E-state index in [-0.39, 0.29) is 0 Å². The molecule has 0 N–H and O–H groups in total. The van der Waals surface area contributed by atoms with Crippen LogP contribution in [0.5, 0.6) is 0 Å². The van der Waals surface area contributed by atoms with E-state index in [0.717, 1.165) is 16.8 Å². The highest BCUT2D eigenvalue weighted by atomic mass is 32.2. The van der Waals surface area contributed by atoms with E-state index in [0.29, 0.717) is 21.4 Å². The summed E-state index contributed by atoms with van der Waals surface area (Å²) in [6.45, 7) is 0. The number of oxazole rings is 1. The van der Waals surface area contributed by atoms with Gasteiger partial charge in [-0.05, 0) is 36.0 Å². The maximum atomic E-state index is 5.75. The zero-order valence-corrected chi connectivity index (χ0v) is 13.6. The Morgan fingerprint density at radius 1 is 0.920 bits per heavy atom. The van der Waals surface area contributed by atoms with Crippen LogP contribution < -0.4 is 0 Å². The molecule has 0 amide bonds. The Labute approximate surface area is 145 Å². The van der Waals surface area contributed by atoms with Gasteiger partial charge in [0.1, 0.15) is 16.9 Å². The molecule has 0 unspecified atom stereocenters. The zero-order valence-electron chi connectivity index (χ0n) is 12.8. The number of hydrogen-bond acceptors (Lipinski definition) is 7. The minimum atomic E-state index is 0.510. The Morgan fingerprint density at radius 2 is 1.76 bits per heavy atom.